The van der Waals surface area contributed by atoms with Gasteiger partial charge in [0.15, 0.2) is 5.75 Å². The first kappa shape index (κ1) is 29.9. The number of nitrogens with zero attached hydrogens (tertiary/aromatic N) is 1. The van der Waals surface area contributed by atoms with E-state index in [9.17, 15) is 37.1 Å². The number of nitrogens with one attached hydrogen (secondary N) is 2. The number of piperidine rings is 1. The number of hydrogen-bond donors (Lipinski definition) is 3. The Kier molecular flexibility index (Phi) is 10.3. The molecule has 0 bridgehead atoms. The van der Waals surface area contributed by atoms with Crippen LogP contribution in [0.15, 0.2) is 12.1 Å². The molecule has 2 aliphatic rings. The van der Waals surface area contributed by atoms with Crippen LogP contribution in [0.1, 0.15) is 33.6 Å². The van der Waals surface area contributed by atoms with Gasteiger partial charge in [0, 0.05) is 19.5 Å². The van der Waals surface area contributed by atoms with Crippen LogP contribution in [0.5, 0.6) is 5.75 Å². The molecule has 0 unspecified atom stereocenters. The molecule has 0 radical (unpaired) electrons. The molecule has 2 heterocycles. The molecule has 1 aromatic carbocycles. The third kappa shape index (κ3) is 7.50. The lowest BCUT2D eigenvalue weighted by atomic mass is 10.0. The Bertz CT molecular complexity index is 1110. The Labute approximate surface area is 220 Å². The fourth-order valence-electron chi connectivity index (χ4n) is 3.83. The zero-order chi connectivity index (χ0) is 28.6. The van der Waals surface area contributed by atoms with Gasteiger partial charge in [-0.2, -0.15) is 13.2 Å². The summed E-state index contributed by atoms with van der Waals surface area (Å²) in [4.78, 5) is 62.2. The van der Waals surface area contributed by atoms with Crippen molar-refractivity contribution in [1.29, 1.82) is 0 Å². The summed E-state index contributed by atoms with van der Waals surface area (Å²) in [5, 5.41) is 4.74. The first-order valence-corrected chi connectivity index (χ1v) is 11.9. The van der Waals surface area contributed by atoms with E-state index >= 15 is 0 Å². The second-order valence-corrected chi connectivity index (χ2v) is 8.25. The standard InChI is InChI=1S/C23H27F3N4O9/c24-23(25,26)22(35)39-15-3-1-13-17(18(15)28-6-8-37-10-12-38-11-9-36-7-5-27)21(34)30(20(13)33)14-2-4-16(31)29-19(14)32/h1,3,14,28H,2,4-12,27H2,(H,29,31,32)/t14-/m0/s1. The Balaban J connectivity index is 1.71. The van der Waals surface area contributed by atoms with E-state index in [4.69, 9.17) is 19.9 Å². The Morgan fingerprint density at radius 3 is 2.26 bits per heavy atom. The zero-order valence-electron chi connectivity index (χ0n) is 20.6. The van der Waals surface area contributed by atoms with E-state index in [0.29, 0.717) is 31.3 Å². The Hall–Kier alpha value is -3.60. The predicted molar refractivity (Wildman–Crippen MR) is 125 cm³/mol. The lowest BCUT2D eigenvalue weighted by molar-refractivity contribution is -0.189. The second-order valence-electron chi connectivity index (χ2n) is 8.25. The molecular formula is C23H27F3N4O9. The highest BCUT2D eigenvalue weighted by Crippen LogP contribution is 2.39. The first-order chi connectivity index (χ1) is 18.6. The van der Waals surface area contributed by atoms with E-state index in [0.717, 1.165) is 12.1 Å². The quantitative estimate of drug-likeness (QED) is 0.121. The van der Waals surface area contributed by atoms with E-state index in [1.165, 1.54) is 0 Å². The van der Waals surface area contributed by atoms with Crippen molar-refractivity contribution < 1.29 is 56.1 Å². The Morgan fingerprint density at radius 1 is 1.00 bits per heavy atom. The van der Waals surface area contributed by atoms with Crippen LogP contribution in [0.2, 0.25) is 0 Å². The van der Waals surface area contributed by atoms with Gasteiger partial charge in [-0.05, 0) is 18.6 Å². The molecule has 4 N–H and O–H groups in total. The molecule has 2 aliphatic heterocycles. The molecular weight excluding hydrogens is 533 g/mol. The number of anilines is 1. The van der Waals surface area contributed by atoms with Gasteiger partial charge in [-0.1, -0.05) is 0 Å². The summed E-state index contributed by atoms with van der Waals surface area (Å²) in [6.07, 6.45) is -5.57. The summed E-state index contributed by atoms with van der Waals surface area (Å²) in [5.41, 5.74) is 4.35. The van der Waals surface area contributed by atoms with Crippen LogP contribution in [-0.4, -0.2) is 99.4 Å². The fraction of sp³-hybridized carbons (Fsp3) is 0.522. The maximum absolute atomic E-state index is 13.3. The smallest absolute Gasteiger partial charge is 0.418 e. The van der Waals surface area contributed by atoms with Crippen molar-refractivity contribution in [3.05, 3.63) is 23.3 Å². The summed E-state index contributed by atoms with van der Waals surface area (Å²) in [6.45, 7) is 1.83. The van der Waals surface area contributed by atoms with Crippen molar-refractivity contribution in [3.8, 4) is 5.75 Å². The number of carbonyl (C=O) groups excluding carboxylic acids is 5. The highest BCUT2D eigenvalue weighted by Gasteiger charge is 2.47. The molecule has 1 saturated heterocycles. The van der Waals surface area contributed by atoms with Gasteiger partial charge in [0.2, 0.25) is 11.8 Å². The van der Waals surface area contributed by atoms with Crippen molar-refractivity contribution in [1.82, 2.24) is 10.2 Å². The van der Waals surface area contributed by atoms with Crippen molar-refractivity contribution in [2.75, 3.05) is 58.0 Å². The number of hydrogen-bond acceptors (Lipinski definition) is 11. The number of carbonyl (C=O) groups is 5. The molecule has 0 aliphatic carbocycles. The van der Waals surface area contributed by atoms with E-state index in [2.05, 4.69) is 10.1 Å². The maximum Gasteiger partial charge on any atom is 0.491 e. The summed E-state index contributed by atoms with van der Waals surface area (Å²) < 4.78 is 58.9. The minimum atomic E-state index is -5.33. The molecule has 1 atom stereocenters. The average molecular weight is 560 g/mol. The van der Waals surface area contributed by atoms with E-state index in [1.54, 1.807) is 0 Å². The van der Waals surface area contributed by atoms with E-state index in [1.807, 2.05) is 5.32 Å². The SMILES string of the molecule is NCCOCCOCCOCCNc1c(OC(=O)C(F)(F)F)ccc2c1C(=O)N([C@H]1CCC(=O)NC1=O)C2=O. The lowest BCUT2D eigenvalue weighted by Crippen LogP contribution is -2.54. The third-order valence-corrected chi connectivity index (χ3v) is 5.56. The number of nitrogens with two attached hydrogens (primary N) is 1. The molecule has 39 heavy (non-hydrogen) atoms. The minimum absolute atomic E-state index is 0.00233. The summed E-state index contributed by atoms with van der Waals surface area (Å²) >= 11 is 0. The van der Waals surface area contributed by atoms with Crippen LogP contribution in [-0.2, 0) is 28.6 Å². The zero-order valence-corrected chi connectivity index (χ0v) is 20.6. The monoisotopic (exact) mass is 560 g/mol. The van der Waals surface area contributed by atoms with Crippen molar-refractivity contribution >= 4 is 35.3 Å². The van der Waals surface area contributed by atoms with Gasteiger partial charge in [-0.15, -0.1) is 0 Å². The summed E-state index contributed by atoms with van der Waals surface area (Å²) in [6, 6.07) is 0.662. The number of rotatable bonds is 14. The topological polar surface area (TPSA) is 176 Å². The van der Waals surface area contributed by atoms with Gasteiger partial charge >= 0.3 is 12.1 Å². The molecule has 16 heteroatoms. The largest absolute Gasteiger partial charge is 0.491 e. The maximum atomic E-state index is 13.3. The molecule has 0 aromatic heterocycles. The normalized spacial score (nSPS) is 17.3. The van der Waals surface area contributed by atoms with Gasteiger partial charge in [0.1, 0.15) is 6.04 Å². The summed E-state index contributed by atoms with van der Waals surface area (Å²) in [7, 11) is 0. The van der Waals surface area contributed by atoms with Crippen LogP contribution in [0, 0.1) is 0 Å². The highest BCUT2D eigenvalue weighted by molar-refractivity contribution is 6.26. The molecule has 1 aromatic rings. The van der Waals surface area contributed by atoms with Crippen LogP contribution in [0.4, 0.5) is 18.9 Å². The lowest BCUT2D eigenvalue weighted by Gasteiger charge is -2.27. The fourth-order valence-corrected chi connectivity index (χ4v) is 3.83. The number of alkyl halides is 3. The van der Waals surface area contributed by atoms with E-state index < -0.39 is 47.6 Å². The molecule has 0 spiro atoms. The van der Waals surface area contributed by atoms with Crippen LogP contribution in [0.3, 0.4) is 0 Å². The highest BCUT2D eigenvalue weighted by atomic mass is 19.4. The second kappa shape index (κ2) is 13.5. The molecule has 0 saturated carbocycles. The average Bonchev–Trinajstić information content (AvgIpc) is 3.12. The number of esters is 1. The van der Waals surface area contributed by atoms with Crippen LogP contribution >= 0.6 is 0 Å². The number of fused-ring (bicyclic) bond motifs is 1. The predicted octanol–water partition coefficient (Wildman–Crippen LogP) is -0.0241. The molecule has 3 rings (SSSR count). The number of ether oxygens (including phenoxy) is 4. The molecule has 1 fully saturated rings. The van der Waals surface area contributed by atoms with Crippen LogP contribution in [0.25, 0.3) is 0 Å². The van der Waals surface area contributed by atoms with E-state index in [-0.39, 0.29) is 56.0 Å². The number of halogens is 3. The van der Waals surface area contributed by atoms with Gasteiger partial charge in [0.25, 0.3) is 11.8 Å². The number of imide groups is 2. The number of amides is 4. The first-order valence-electron chi connectivity index (χ1n) is 11.9. The van der Waals surface area contributed by atoms with Gasteiger partial charge in [-0.3, -0.25) is 29.4 Å². The van der Waals surface area contributed by atoms with Gasteiger partial charge < -0.3 is 30.0 Å². The van der Waals surface area contributed by atoms with Crippen molar-refractivity contribution in [3.63, 3.8) is 0 Å². The molecule has 214 valence electrons. The molecule has 4 amide bonds. The Morgan fingerprint density at radius 2 is 1.64 bits per heavy atom. The van der Waals surface area contributed by atoms with Crippen molar-refractivity contribution in [2.24, 2.45) is 5.73 Å². The minimum Gasteiger partial charge on any atom is -0.418 e. The van der Waals surface area contributed by atoms with Crippen molar-refractivity contribution in [2.45, 2.75) is 25.1 Å². The van der Waals surface area contributed by atoms with Crippen LogP contribution < -0.4 is 21.1 Å². The number of benzene rings is 1. The summed E-state index contributed by atoms with van der Waals surface area (Å²) in [5.74, 6) is -6.49. The van der Waals surface area contributed by atoms with Gasteiger partial charge in [0.05, 0.1) is 56.5 Å². The third-order valence-electron chi connectivity index (χ3n) is 5.56. The molecule has 13 nitrogen and oxygen atoms in total. The van der Waals surface area contributed by atoms with Gasteiger partial charge in [-0.25, -0.2) is 4.79 Å².